The first-order valence-electron chi connectivity index (χ1n) is 9.88. The average Bonchev–Trinajstić information content (AvgIpc) is 3.17. The Kier molecular flexibility index (Phi) is 5.92. The lowest BCUT2D eigenvalue weighted by atomic mass is 10.0. The summed E-state index contributed by atoms with van der Waals surface area (Å²) in [6, 6.07) is 12.0. The van der Waals surface area contributed by atoms with Crippen molar-refractivity contribution in [2.24, 2.45) is 0 Å². The van der Waals surface area contributed by atoms with Gasteiger partial charge >= 0.3 is 0 Å². The van der Waals surface area contributed by atoms with Crippen LogP contribution in [-0.2, 0) is 16.4 Å². The van der Waals surface area contributed by atoms with Gasteiger partial charge in [0.1, 0.15) is 10.8 Å². The molecule has 0 radical (unpaired) electrons. The monoisotopic (exact) mass is 458 g/mol. The first-order chi connectivity index (χ1) is 14.9. The van der Waals surface area contributed by atoms with Crippen molar-refractivity contribution in [2.45, 2.75) is 31.6 Å². The van der Waals surface area contributed by atoms with Crippen molar-refractivity contribution in [1.29, 1.82) is 0 Å². The van der Waals surface area contributed by atoms with E-state index < -0.39 is 10.0 Å². The number of benzene rings is 2. The Morgan fingerprint density at radius 2 is 2.03 bits per heavy atom. The fourth-order valence-corrected chi connectivity index (χ4v) is 5.41. The molecule has 0 aliphatic carbocycles. The van der Waals surface area contributed by atoms with E-state index in [9.17, 15) is 13.2 Å². The molecule has 1 N–H and O–H groups in total. The molecule has 2 aromatic carbocycles. The number of para-hydroxylation sites is 1. The van der Waals surface area contributed by atoms with E-state index in [2.05, 4.69) is 14.9 Å². The first kappa shape index (κ1) is 21.3. The molecule has 31 heavy (non-hydrogen) atoms. The van der Waals surface area contributed by atoms with Crippen LogP contribution in [0.3, 0.4) is 0 Å². The number of anilines is 2. The molecule has 8 nitrogen and oxygen atoms in total. The second kappa shape index (κ2) is 8.64. The maximum atomic E-state index is 13.3. The third-order valence-electron chi connectivity index (χ3n) is 4.89. The molecule has 0 saturated carbocycles. The smallest absolute Gasteiger partial charge is 0.263 e. The van der Waals surface area contributed by atoms with Crippen molar-refractivity contribution < 1.29 is 17.9 Å². The lowest BCUT2D eigenvalue weighted by molar-refractivity contribution is 0.0981. The van der Waals surface area contributed by atoms with Crippen LogP contribution in [0.1, 0.15) is 34.3 Å². The van der Waals surface area contributed by atoms with Crippen LogP contribution >= 0.6 is 11.3 Å². The van der Waals surface area contributed by atoms with E-state index in [-0.39, 0.29) is 15.9 Å². The summed E-state index contributed by atoms with van der Waals surface area (Å²) in [7, 11) is -3.80. The Bertz CT molecular complexity index is 1220. The Labute approximate surface area is 184 Å². The second-order valence-electron chi connectivity index (χ2n) is 7.01. The maximum absolute atomic E-state index is 13.3. The van der Waals surface area contributed by atoms with E-state index in [4.69, 9.17) is 4.74 Å². The summed E-state index contributed by atoms with van der Waals surface area (Å²) in [6.45, 7) is 4.64. The molecule has 0 fully saturated rings. The number of hydrogen-bond acceptors (Lipinski definition) is 7. The van der Waals surface area contributed by atoms with Crippen LogP contribution in [0.15, 0.2) is 47.4 Å². The Morgan fingerprint density at radius 3 is 2.77 bits per heavy atom. The van der Waals surface area contributed by atoms with Crippen LogP contribution in [0.25, 0.3) is 0 Å². The fraction of sp³-hybridized carbons (Fsp3) is 0.286. The highest BCUT2D eigenvalue weighted by atomic mass is 32.2. The summed E-state index contributed by atoms with van der Waals surface area (Å²) in [5, 5.41) is 8.54. The van der Waals surface area contributed by atoms with E-state index in [1.54, 1.807) is 42.2 Å². The van der Waals surface area contributed by atoms with Gasteiger partial charge in [0.05, 0.1) is 17.1 Å². The van der Waals surface area contributed by atoms with Crippen molar-refractivity contribution >= 4 is 38.1 Å². The molecule has 3 aromatic rings. The van der Waals surface area contributed by atoms with Gasteiger partial charge in [0.25, 0.3) is 15.9 Å². The third kappa shape index (κ3) is 4.40. The first-order valence-corrected chi connectivity index (χ1v) is 12.2. The number of nitrogens with one attached hydrogen (secondary N) is 1. The fourth-order valence-electron chi connectivity index (χ4n) is 3.53. The van der Waals surface area contributed by atoms with Crippen LogP contribution < -0.4 is 14.4 Å². The minimum Gasteiger partial charge on any atom is -0.493 e. The topological polar surface area (TPSA) is 101 Å². The van der Waals surface area contributed by atoms with Gasteiger partial charge in [-0.25, -0.2) is 8.42 Å². The van der Waals surface area contributed by atoms with Crippen LogP contribution in [-0.4, -0.2) is 37.7 Å². The highest BCUT2D eigenvalue weighted by Gasteiger charge is 2.27. The molecule has 2 heterocycles. The van der Waals surface area contributed by atoms with Gasteiger partial charge in [-0.05, 0) is 62.6 Å². The van der Waals surface area contributed by atoms with Gasteiger partial charge in [-0.1, -0.05) is 23.5 Å². The largest absolute Gasteiger partial charge is 0.493 e. The van der Waals surface area contributed by atoms with Crippen LogP contribution in [0.4, 0.5) is 10.8 Å². The van der Waals surface area contributed by atoms with Gasteiger partial charge in [-0.2, -0.15) is 0 Å². The number of hydrogen-bond donors (Lipinski definition) is 1. The zero-order chi connectivity index (χ0) is 22.0. The predicted molar refractivity (Wildman–Crippen MR) is 120 cm³/mol. The quantitative estimate of drug-likeness (QED) is 0.605. The molecule has 0 unspecified atom stereocenters. The zero-order valence-corrected chi connectivity index (χ0v) is 18.8. The second-order valence-corrected chi connectivity index (χ2v) is 9.88. The molecule has 1 amide bonds. The van der Waals surface area contributed by atoms with Gasteiger partial charge in [-0.3, -0.25) is 9.52 Å². The summed E-state index contributed by atoms with van der Waals surface area (Å²) in [4.78, 5) is 15.1. The van der Waals surface area contributed by atoms with Crippen molar-refractivity contribution in [1.82, 2.24) is 10.2 Å². The summed E-state index contributed by atoms with van der Waals surface area (Å²) in [6.07, 6.45) is 1.43. The van der Waals surface area contributed by atoms with E-state index in [1.165, 1.54) is 17.4 Å². The Hall–Kier alpha value is -2.98. The number of fused-ring (bicyclic) bond motifs is 1. The standard InChI is InChI=1S/C21H22N4O4S2/c1-3-29-19-9-5-4-8-17(19)20(26)25-12-6-7-15-13-16(10-11-18(15)25)31(27,28)24-21-23-22-14(2)30-21/h4-5,8-11,13H,3,6-7,12H2,1-2H3,(H,23,24). The molecular weight excluding hydrogens is 436 g/mol. The normalized spacial score (nSPS) is 13.5. The van der Waals surface area contributed by atoms with Gasteiger partial charge in [0, 0.05) is 12.2 Å². The molecule has 0 bridgehead atoms. The molecular formula is C21H22N4O4S2. The lowest BCUT2D eigenvalue weighted by Crippen LogP contribution is -2.35. The van der Waals surface area contributed by atoms with Gasteiger partial charge in [-0.15, -0.1) is 10.2 Å². The predicted octanol–water partition coefficient (Wildman–Crippen LogP) is 3.64. The number of carbonyl (C=O) groups is 1. The minimum atomic E-state index is -3.80. The highest BCUT2D eigenvalue weighted by molar-refractivity contribution is 7.93. The molecule has 162 valence electrons. The van der Waals surface area contributed by atoms with E-state index >= 15 is 0 Å². The molecule has 10 heteroatoms. The summed E-state index contributed by atoms with van der Waals surface area (Å²) in [5.41, 5.74) is 2.01. The molecule has 1 aliphatic rings. The number of rotatable bonds is 6. The lowest BCUT2D eigenvalue weighted by Gasteiger charge is -2.30. The molecule has 1 aromatic heterocycles. The van der Waals surface area contributed by atoms with Gasteiger partial charge in [0.15, 0.2) is 0 Å². The Morgan fingerprint density at radius 1 is 1.23 bits per heavy atom. The summed E-state index contributed by atoms with van der Waals surface area (Å²) in [5.74, 6) is 0.376. The average molecular weight is 459 g/mol. The van der Waals surface area contributed by atoms with Crippen molar-refractivity contribution in [2.75, 3.05) is 22.8 Å². The number of ether oxygens (including phenoxy) is 1. The number of carbonyl (C=O) groups excluding carboxylic acids is 1. The molecule has 0 saturated heterocycles. The number of amides is 1. The van der Waals surface area contributed by atoms with Gasteiger partial charge < -0.3 is 9.64 Å². The number of nitrogens with zero attached hydrogens (tertiary/aromatic N) is 3. The SMILES string of the molecule is CCOc1ccccc1C(=O)N1CCCc2cc(S(=O)(=O)Nc3nnc(C)s3)ccc21. The van der Waals surface area contributed by atoms with Crippen LogP contribution in [0, 0.1) is 6.92 Å². The number of aromatic nitrogens is 2. The van der Waals surface area contributed by atoms with E-state index in [0.29, 0.717) is 41.6 Å². The van der Waals surface area contributed by atoms with Crippen LogP contribution in [0.5, 0.6) is 5.75 Å². The molecule has 0 atom stereocenters. The highest BCUT2D eigenvalue weighted by Crippen LogP contribution is 2.32. The minimum absolute atomic E-state index is 0.128. The molecule has 0 spiro atoms. The zero-order valence-electron chi connectivity index (χ0n) is 17.2. The molecule has 1 aliphatic heterocycles. The number of aryl methyl sites for hydroxylation is 2. The summed E-state index contributed by atoms with van der Waals surface area (Å²) < 4.78 is 33.6. The van der Waals surface area contributed by atoms with Crippen molar-refractivity contribution in [3.05, 3.63) is 58.6 Å². The van der Waals surface area contributed by atoms with Crippen LogP contribution in [0.2, 0.25) is 0 Å². The summed E-state index contributed by atoms with van der Waals surface area (Å²) >= 11 is 1.17. The molecule has 4 rings (SSSR count). The Balaban J connectivity index is 1.64. The number of sulfonamides is 1. The third-order valence-corrected chi connectivity index (χ3v) is 7.11. The maximum Gasteiger partial charge on any atom is 0.263 e. The van der Waals surface area contributed by atoms with E-state index in [1.807, 2.05) is 13.0 Å². The van der Waals surface area contributed by atoms with Gasteiger partial charge in [0.2, 0.25) is 5.13 Å². The van der Waals surface area contributed by atoms with E-state index in [0.717, 1.165) is 12.0 Å². The van der Waals surface area contributed by atoms with Crippen molar-refractivity contribution in [3.63, 3.8) is 0 Å². The van der Waals surface area contributed by atoms with Crippen molar-refractivity contribution in [3.8, 4) is 5.75 Å².